The Balaban J connectivity index is 2.18. The van der Waals surface area contributed by atoms with Gasteiger partial charge >= 0.3 is 0 Å². The van der Waals surface area contributed by atoms with Crippen LogP contribution in [0.2, 0.25) is 0 Å². The molecule has 0 aromatic carbocycles. The first-order valence-electron chi connectivity index (χ1n) is 2.13. The molecule has 1 rings (SSSR count). The highest BCUT2D eigenvalue weighted by Crippen LogP contribution is 2.30. The molecule has 36 valence electrons. The topological polar surface area (TPSA) is 0 Å². The number of hydrogen-bond acceptors (Lipinski definition) is 2. The van der Waals surface area contributed by atoms with E-state index in [4.69, 9.17) is 0 Å². The first-order chi connectivity index (χ1) is 2.89. The summed E-state index contributed by atoms with van der Waals surface area (Å²) in [6, 6.07) is 0. The van der Waals surface area contributed by atoms with Gasteiger partial charge in [0.25, 0.3) is 0 Å². The van der Waals surface area contributed by atoms with Gasteiger partial charge in [0.1, 0.15) is 0 Å². The van der Waals surface area contributed by atoms with Crippen LogP contribution in [0.25, 0.3) is 0 Å². The van der Waals surface area contributed by atoms with E-state index < -0.39 is 0 Å². The van der Waals surface area contributed by atoms with Crippen LogP contribution in [0.15, 0.2) is 0 Å². The van der Waals surface area contributed by atoms with E-state index in [1.54, 1.807) is 0 Å². The average Bonchev–Trinajstić information content (AvgIpc) is 1.86. The van der Waals surface area contributed by atoms with Crippen molar-refractivity contribution in [3.05, 3.63) is 0 Å². The highest BCUT2D eigenvalue weighted by Gasteiger charge is 2.08. The van der Waals surface area contributed by atoms with E-state index in [0.717, 1.165) is 4.58 Å². The first kappa shape index (κ1) is 4.85. The van der Waals surface area contributed by atoms with Crippen LogP contribution in [-0.2, 0) is 0 Å². The zero-order valence-electron chi connectivity index (χ0n) is 3.81. The van der Waals surface area contributed by atoms with Gasteiger partial charge in [0.2, 0.25) is 0 Å². The van der Waals surface area contributed by atoms with E-state index in [1.165, 1.54) is 11.5 Å². The average molecular weight is 120 g/mol. The minimum absolute atomic E-state index is 0.880. The lowest BCUT2D eigenvalue weighted by molar-refractivity contribution is 1.44. The molecule has 6 heavy (non-hydrogen) atoms. The highest BCUT2D eigenvalue weighted by molar-refractivity contribution is 8.20. The third kappa shape index (κ3) is 1.09. The lowest BCUT2D eigenvalue weighted by atomic mass is 11.0. The molecule has 1 aliphatic heterocycles. The Kier molecular flexibility index (Phi) is 1.72. The molecule has 0 aromatic rings. The van der Waals surface area contributed by atoms with E-state index >= 15 is 0 Å². The van der Waals surface area contributed by atoms with E-state index in [2.05, 4.69) is 30.4 Å². The van der Waals surface area contributed by atoms with Crippen LogP contribution in [0.4, 0.5) is 0 Å². The third-order valence-electron chi connectivity index (χ3n) is 0.788. The molecule has 0 bridgehead atoms. The van der Waals surface area contributed by atoms with Crippen LogP contribution < -0.4 is 0 Å². The summed E-state index contributed by atoms with van der Waals surface area (Å²) in [5, 5.41) is 0. The molecule has 0 radical (unpaired) electrons. The van der Waals surface area contributed by atoms with Crippen LogP contribution in [0.5, 0.6) is 0 Å². The van der Waals surface area contributed by atoms with Gasteiger partial charge in [0.15, 0.2) is 0 Å². The molecule has 2 heteroatoms. The zero-order valence-corrected chi connectivity index (χ0v) is 5.44. The predicted molar refractivity (Wildman–Crippen MR) is 34.4 cm³/mol. The molecular formula is C4H8S2. The Hall–Kier alpha value is 0.700. The van der Waals surface area contributed by atoms with Gasteiger partial charge in [-0.15, -0.1) is 23.5 Å². The molecule has 0 N–H and O–H groups in total. The van der Waals surface area contributed by atoms with Crippen LogP contribution in [0.3, 0.4) is 0 Å². The molecule has 0 aliphatic carbocycles. The van der Waals surface area contributed by atoms with E-state index in [0.29, 0.717) is 0 Å². The summed E-state index contributed by atoms with van der Waals surface area (Å²) in [5.74, 6) is 2.73. The first-order valence-corrected chi connectivity index (χ1v) is 4.22. The summed E-state index contributed by atoms with van der Waals surface area (Å²) < 4.78 is 0.880. The maximum absolute atomic E-state index is 2.27. The Morgan fingerprint density at radius 2 is 1.83 bits per heavy atom. The summed E-state index contributed by atoms with van der Waals surface area (Å²) in [6.07, 6.45) is 0. The molecule has 0 spiro atoms. The van der Waals surface area contributed by atoms with Crippen LogP contribution >= 0.6 is 23.5 Å². The standard InChI is InChI=1S/C4H8S2/c1-4-5-2-3-6-4/h4H,2-3H2,1H3. The smallest absolute Gasteiger partial charge is 0.0474 e. The van der Waals surface area contributed by atoms with Crippen molar-refractivity contribution < 1.29 is 0 Å². The quantitative estimate of drug-likeness (QED) is 0.478. The normalized spacial score (nSPS) is 25.5. The molecule has 1 aliphatic rings. The number of rotatable bonds is 0. The number of thioether (sulfide) groups is 2. The van der Waals surface area contributed by atoms with E-state index in [9.17, 15) is 0 Å². The Bertz CT molecular complexity index is 38.8. The summed E-state index contributed by atoms with van der Waals surface area (Å²) >= 11 is 4.12. The van der Waals surface area contributed by atoms with Crippen molar-refractivity contribution >= 4 is 23.5 Å². The van der Waals surface area contributed by atoms with Gasteiger partial charge in [-0.1, -0.05) is 0 Å². The fourth-order valence-electron chi connectivity index (χ4n) is 0.476. The fourth-order valence-corrected chi connectivity index (χ4v) is 2.87. The van der Waals surface area contributed by atoms with Crippen molar-refractivity contribution in [3.8, 4) is 0 Å². The molecular weight excluding hydrogens is 112 g/mol. The van der Waals surface area contributed by atoms with Gasteiger partial charge in [0.05, 0.1) is 0 Å². The van der Waals surface area contributed by atoms with Crippen molar-refractivity contribution in [2.75, 3.05) is 11.5 Å². The second kappa shape index (κ2) is 2.12. The number of hydrogen-bond donors (Lipinski definition) is 0. The maximum Gasteiger partial charge on any atom is 0.0474 e. The molecule has 0 saturated carbocycles. The van der Waals surface area contributed by atoms with E-state index in [1.807, 2.05) is 0 Å². The Morgan fingerprint density at radius 1 is 1.33 bits per heavy atom. The Morgan fingerprint density at radius 3 is 2.00 bits per heavy atom. The molecule has 1 saturated heterocycles. The second-order valence-corrected chi connectivity index (χ2v) is 4.50. The van der Waals surface area contributed by atoms with Crippen molar-refractivity contribution in [2.45, 2.75) is 11.5 Å². The van der Waals surface area contributed by atoms with Crippen LogP contribution in [0.1, 0.15) is 6.92 Å². The molecule has 1 heterocycles. The lowest BCUT2D eigenvalue weighted by Gasteiger charge is -1.90. The largest absolute Gasteiger partial charge is 0.147 e. The summed E-state index contributed by atoms with van der Waals surface area (Å²) in [4.78, 5) is 0. The molecule has 0 aromatic heterocycles. The van der Waals surface area contributed by atoms with Gasteiger partial charge in [-0.05, 0) is 6.92 Å². The van der Waals surface area contributed by atoms with E-state index in [-0.39, 0.29) is 0 Å². The SMILES string of the molecule is CC1SCCS1. The Labute approximate surface area is 47.1 Å². The second-order valence-electron chi connectivity index (χ2n) is 1.31. The minimum atomic E-state index is 0.880. The van der Waals surface area contributed by atoms with Gasteiger partial charge in [-0.3, -0.25) is 0 Å². The van der Waals surface area contributed by atoms with Crippen molar-refractivity contribution in [2.24, 2.45) is 0 Å². The van der Waals surface area contributed by atoms with Crippen LogP contribution in [0, 0.1) is 0 Å². The van der Waals surface area contributed by atoms with Crippen LogP contribution in [-0.4, -0.2) is 16.1 Å². The van der Waals surface area contributed by atoms with Crippen molar-refractivity contribution in [1.82, 2.24) is 0 Å². The van der Waals surface area contributed by atoms with Gasteiger partial charge in [0, 0.05) is 16.1 Å². The molecule has 0 unspecified atom stereocenters. The fraction of sp³-hybridized carbons (Fsp3) is 1.00. The van der Waals surface area contributed by atoms with Gasteiger partial charge in [-0.25, -0.2) is 0 Å². The molecule has 1 fully saturated rings. The molecule has 0 amide bonds. The monoisotopic (exact) mass is 120 g/mol. The molecule has 0 nitrogen and oxygen atoms in total. The lowest BCUT2D eigenvalue weighted by Crippen LogP contribution is -1.74. The van der Waals surface area contributed by atoms with Gasteiger partial charge < -0.3 is 0 Å². The predicted octanol–water partition coefficient (Wildman–Crippen LogP) is 1.81. The highest BCUT2D eigenvalue weighted by atomic mass is 32.2. The van der Waals surface area contributed by atoms with Crippen molar-refractivity contribution in [3.63, 3.8) is 0 Å². The summed E-state index contributed by atoms with van der Waals surface area (Å²) in [6.45, 7) is 2.27. The minimum Gasteiger partial charge on any atom is -0.147 e. The zero-order chi connectivity index (χ0) is 4.41. The third-order valence-corrected chi connectivity index (χ3v) is 3.68. The van der Waals surface area contributed by atoms with Crippen molar-refractivity contribution in [1.29, 1.82) is 0 Å². The summed E-state index contributed by atoms with van der Waals surface area (Å²) in [7, 11) is 0. The van der Waals surface area contributed by atoms with Gasteiger partial charge in [-0.2, -0.15) is 0 Å². The maximum atomic E-state index is 2.27. The molecule has 0 atom stereocenters. The summed E-state index contributed by atoms with van der Waals surface area (Å²) in [5.41, 5.74) is 0.